The third-order valence-corrected chi connectivity index (χ3v) is 4.76. The van der Waals surface area contributed by atoms with Gasteiger partial charge >= 0.3 is 5.63 Å². The van der Waals surface area contributed by atoms with Gasteiger partial charge in [0.1, 0.15) is 5.76 Å². The lowest BCUT2D eigenvalue weighted by Gasteiger charge is -2.20. The lowest BCUT2D eigenvalue weighted by molar-refractivity contribution is 0.0978. The molecule has 1 aliphatic rings. The van der Waals surface area contributed by atoms with Gasteiger partial charge in [0, 0.05) is 22.8 Å². The van der Waals surface area contributed by atoms with Crippen molar-refractivity contribution < 1.29 is 18.8 Å². The van der Waals surface area contributed by atoms with Gasteiger partial charge in [-0.1, -0.05) is 36.4 Å². The molecular formula is C22H15NO5. The van der Waals surface area contributed by atoms with E-state index < -0.39 is 11.5 Å². The molecule has 1 aliphatic carbocycles. The average Bonchev–Trinajstić information content (AvgIpc) is 2.65. The Labute approximate surface area is 159 Å². The first kappa shape index (κ1) is 17.6. The number of amides is 1. The van der Waals surface area contributed by atoms with Gasteiger partial charge in [-0.05, 0) is 25.5 Å². The van der Waals surface area contributed by atoms with Crippen LogP contribution in [-0.4, -0.2) is 17.5 Å². The Morgan fingerprint density at radius 1 is 0.857 bits per heavy atom. The molecule has 28 heavy (non-hydrogen) atoms. The molecule has 0 bridgehead atoms. The summed E-state index contributed by atoms with van der Waals surface area (Å²) in [4.78, 5) is 50.1. The fraction of sp³-hybridized carbons (Fsp3) is 0.0909. The molecule has 0 unspecified atom stereocenters. The fourth-order valence-electron chi connectivity index (χ4n) is 3.53. The molecule has 1 N–H and O–H groups in total. The Hall–Kier alpha value is -3.80. The third kappa shape index (κ3) is 2.66. The van der Waals surface area contributed by atoms with E-state index in [0.29, 0.717) is 16.7 Å². The minimum Gasteiger partial charge on any atom is -0.427 e. The van der Waals surface area contributed by atoms with E-state index in [2.05, 4.69) is 5.32 Å². The van der Waals surface area contributed by atoms with Crippen LogP contribution in [0, 0.1) is 13.8 Å². The highest BCUT2D eigenvalue weighted by Crippen LogP contribution is 2.32. The van der Waals surface area contributed by atoms with E-state index in [1.165, 1.54) is 13.0 Å². The van der Waals surface area contributed by atoms with Gasteiger partial charge in [-0.25, -0.2) is 4.79 Å². The number of hydrogen-bond donors (Lipinski definition) is 1. The van der Waals surface area contributed by atoms with Gasteiger partial charge in [0.05, 0.1) is 16.8 Å². The molecule has 0 aliphatic heterocycles. The summed E-state index contributed by atoms with van der Waals surface area (Å²) in [6, 6.07) is 12.6. The molecule has 3 aromatic rings. The number of ketones is 2. The zero-order valence-corrected chi connectivity index (χ0v) is 15.2. The highest BCUT2D eigenvalue weighted by Gasteiger charge is 2.32. The molecule has 138 valence electrons. The maximum atomic E-state index is 13.0. The van der Waals surface area contributed by atoms with Crippen LogP contribution >= 0.6 is 0 Å². The average molecular weight is 373 g/mol. The van der Waals surface area contributed by atoms with E-state index >= 15 is 0 Å². The number of benzene rings is 2. The predicted molar refractivity (Wildman–Crippen MR) is 102 cm³/mol. The molecule has 6 heteroatoms. The summed E-state index contributed by atoms with van der Waals surface area (Å²) >= 11 is 0. The molecule has 0 radical (unpaired) electrons. The number of rotatable bonds is 2. The van der Waals surface area contributed by atoms with Crippen LogP contribution in [0.25, 0.3) is 0 Å². The molecule has 4 rings (SSSR count). The topological polar surface area (TPSA) is 93.4 Å². The van der Waals surface area contributed by atoms with E-state index in [-0.39, 0.29) is 39.7 Å². The highest BCUT2D eigenvalue weighted by atomic mass is 16.4. The van der Waals surface area contributed by atoms with Gasteiger partial charge < -0.3 is 9.73 Å². The Morgan fingerprint density at radius 2 is 1.50 bits per heavy atom. The fourth-order valence-corrected chi connectivity index (χ4v) is 3.53. The van der Waals surface area contributed by atoms with Crippen molar-refractivity contribution in [3.05, 3.63) is 98.1 Å². The first-order valence-corrected chi connectivity index (χ1v) is 8.62. The van der Waals surface area contributed by atoms with Crippen molar-refractivity contribution >= 4 is 23.2 Å². The summed E-state index contributed by atoms with van der Waals surface area (Å²) in [7, 11) is 0. The second kappa shape index (κ2) is 6.42. The van der Waals surface area contributed by atoms with Crippen LogP contribution in [0.1, 0.15) is 53.5 Å². The van der Waals surface area contributed by atoms with E-state index in [0.717, 1.165) is 0 Å². The summed E-state index contributed by atoms with van der Waals surface area (Å²) in [5.74, 6) is -0.931. The molecule has 1 heterocycles. The van der Waals surface area contributed by atoms with Crippen LogP contribution in [-0.2, 0) is 0 Å². The zero-order valence-electron chi connectivity index (χ0n) is 15.2. The van der Waals surface area contributed by atoms with E-state index in [1.54, 1.807) is 49.4 Å². The summed E-state index contributed by atoms with van der Waals surface area (Å²) < 4.78 is 5.01. The molecule has 2 aromatic carbocycles. The summed E-state index contributed by atoms with van der Waals surface area (Å²) in [5.41, 5.74) is 1.43. The smallest absolute Gasteiger partial charge is 0.336 e. The number of hydrogen-bond acceptors (Lipinski definition) is 5. The Kier molecular flexibility index (Phi) is 4.04. The summed E-state index contributed by atoms with van der Waals surface area (Å²) in [6.07, 6.45) is 0. The number of nitrogens with one attached hydrogen (secondary N) is 1. The van der Waals surface area contributed by atoms with Gasteiger partial charge in [0.25, 0.3) is 5.91 Å². The SMILES string of the molecule is Cc1cc(=O)oc(C)c1C(=O)Nc1cccc2c1C(=O)c1ccccc1C2=O. The molecule has 0 atom stereocenters. The largest absolute Gasteiger partial charge is 0.427 e. The predicted octanol–water partition coefficient (Wildman–Crippen LogP) is 3.28. The minimum atomic E-state index is -0.541. The summed E-state index contributed by atoms with van der Waals surface area (Å²) in [6.45, 7) is 3.15. The van der Waals surface area contributed by atoms with E-state index in [1.807, 2.05) is 0 Å². The van der Waals surface area contributed by atoms with Crippen molar-refractivity contribution in [1.82, 2.24) is 0 Å². The third-order valence-electron chi connectivity index (χ3n) is 4.76. The Balaban J connectivity index is 1.80. The van der Waals surface area contributed by atoms with Gasteiger partial charge in [0.2, 0.25) is 0 Å². The molecular weight excluding hydrogens is 358 g/mol. The van der Waals surface area contributed by atoms with Gasteiger partial charge in [0.15, 0.2) is 11.6 Å². The number of fused-ring (bicyclic) bond motifs is 2. The van der Waals surface area contributed by atoms with Gasteiger partial charge in [-0.2, -0.15) is 0 Å². The lowest BCUT2D eigenvalue weighted by Crippen LogP contribution is -2.24. The molecule has 1 amide bonds. The monoisotopic (exact) mass is 373 g/mol. The van der Waals surface area contributed by atoms with Gasteiger partial charge in [-0.3, -0.25) is 14.4 Å². The maximum absolute atomic E-state index is 13.0. The van der Waals surface area contributed by atoms with Crippen molar-refractivity contribution in [3.8, 4) is 0 Å². The van der Waals surface area contributed by atoms with Crippen molar-refractivity contribution in [2.75, 3.05) is 5.32 Å². The first-order valence-electron chi connectivity index (χ1n) is 8.62. The maximum Gasteiger partial charge on any atom is 0.336 e. The molecule has 1 aromatic heterocycles. The standard InChI is InChI=1S/C22H15NO5/c1-11-10-17(24)28-12(2)18(11)22(27)23-16-9-5-8-15-19(16)21(26)14-7-4-3-6-13(14)20(15)25/h3-10H,1-2H3,(H,23,27). The van der Waals surface area contributed by atoms with Crippen LogP contribution in [0.15, 0.2) is 57.7 Å². The molecule has 0 saturated heterocycles. The van der Waals surface area contributed by atoms with Crippen molar-refractivity contribution in [2.24, 2.45) is 0 Å². The Bertz CT molecular complexity index is 1210. The van der Waals surface area contributed by atoms with Crippen LogP contribution in [0.4, 0.5) is 5.69 Å². The first-order chi connectivity index (χ1) is 13.4. The molecule has 0 fully saturated rings. The normalized spacial score (nSPS) is 12.4. The quantitative estimate of drug-likeness (QED) is 0.582. The van der Waals surface area contributed by atoms with Crippen LogP contribution in [0.3, 0.4) is 0 Å². The van der Waals surface area contributed by atoms with Crippen molar-refractivity contribution in [1.29, 1.82) is 0 Å². The molecule has 6 nitrogen and oxygen atoms in total. The number of anilines is 1. The van der Waals surface area contributed by atoms with Gasteiger partial charge in [-0.15, -0.1) is 0 Å². The summed E-state index contributed by atoms with van der Waals surface area (Å²) in [5, 5.41) is 2.70. The van der Waals surface area contributed by atoms with E-state index in [9.17, 15) is 19.2 Å². The Morgan fingerprint density at radius 3 is 2.18 bits per heavy atom. The van der Waals surface area contributed by atoms with Crippen LogP contribution in [0.5, 0.6) is 0 Å². The van der Waals surface area contributed by atoms with Crippen molar-refractivity contribution in [2.45, 2.75) is 13.8 Å². The lowest BCUT2D eigenvalue weighted by atomic mass is 9.83. The van der Waals surface area contributed by atoms with Crippen LogP contribution < -0.4 is 10.9 Å². The number of aryl methyl sites for hydroxylation is 2. The molecule has 0 saturated carbocycles. The second-order valence-corrected chi connectivity index (χ2v) is 6.57. The number of carbonyl (C=O) groups is 3. The molecule has 0 spiro atoms. The highest BCUT2D eigenvalue weighted by molar-refractivity contribution is 6.30. The van der Waals surface area contributed by atoms with Crippen molar-refractivity contribution in [3.63, 3.8) is 0 Å². The minimum absolute atomic E-state index is 0.159. The van der Waals surface area contributed by atoms with E-state index in [4.69, 9.17) is 4.42 Å². The van der Waals surface area contributed by atoms with Crippen LogP contribution in [0.2, 0.25) is 0 Å². The number of carbonyl (C=O) groups excluding carboxylic acids is 3. The second-order valence-electron chi connectivity index (χ2n) is 6.57. The zero-order chi connectivity index (χ0) is 20.0.